The average Bonchev–Trinajstić information content (AvgIpc) is 2.12. The second-order valence-electron chi connectivity index (χ2n) is 2.33. The molecule has 0 N–H and O–H groups in total. The predicted molar refractivity (Wildman–Crippen MR) is 47.1 cm³/mol. The van der Waals surface area contributed by atoms with Crippen LogP contribution in [-0.2, 0) is 9.59 Å². The zero-order valence-electron chi connectivity index (χ0n) is 7.10. The van der Waals surface area contributed by atoms with E-state index in [4.69, 9.17) is 0 Å². The van der Waals surface area contributed by atoms with Gasteiger partial charge in [-0.05, 0) is 6.92 Å². The Morgan fingerprint density at radius 1 is 1.46 bits per heavy atom. The first kappa shape index (κ1) is 12.5. The van der Waals surface area contributed by atoms with E-state index >= 15 is 0 Å². The minimum absolute atomic E-state index is 0.0695. The molecule has 0 aromatic carbocycles. The molecular weight excluding hydrogens is 248 g/mol. The molecule has 0 fully saturated rings. The Kier molecular flexibility index (Phi) is 5.77. The molecule has 76 valence electrons. The minimum Gasteiger partial charge on any atom is -0.331 e. The van der Waals surface area contributed by atoms with Gasteiger partial charge in [-0.15, -0.1) is 0 Å². The van der Waals surface area contributed by atoms with Crippen molar-refractivity contribution in [2.24, 2.45) is 0 Å². The van der Waals surface area contributed by atoms with Crippen molar-refractivity contribution in [3.63, 3.8) is 0 Å². The summed E-state index contributed by atoms with van der Waals surface area (Å²) in [6.45, 7) is 1.40. The van der Waals surface area contributed by atoms with Crippen LogP contribution in [0.2, 0.25) is 0 Å². The number of likely N-dealkylation sites (N-methyl/N-ethyl adjacent to an activating group) is 1. The van der Waals surface area contributed by atoms with Crippen LogP contribution in [0.15, 0.2) is 0 Å². The third-order valence-corrected chi connectivity index (χ3v) is 2.02. The minimum atomic E-state index is -3.04. The van der Waals surface area contributed by atoms with E-state index in [1.54, 1.807) is 6.92 Å². The van der Waals surface area contributed by atoms with Gasteiger partial charge in [0.25, 0.3) is 5.91 Å². The Hall–Kier alpha value is -0.520. The van der Waals surface area contributed by atoms with Gasteiger partial charge in [0, 0.05) is 6.54 Å². The van der Waals surface area contributed by atoms with E-state index in [0.29, 0.717) is 0 Å². The molecule has 0 aliphatic carbocycles. The number of carbonyl (C=O) groups excluding carboxylic acids is 2. The molecule has 13 heavy (non-hydrogen) atoms. The fourth-order valence-corrected chi connectivity index (χ4v) is 0.916. The van der Waals surface area contributed by atoms with E-state index in [0.717, 1.165) is 4.90 Å². The highest BCUT2D eigenvalue weighted by Crippen LogP contribution is 2.01. The Morgan fingerprint density at radius 3 is 2.31 bits per heavy atom. The van der Waals surface area contributed by atoms with E-state index < -0.39 is 12.3 Å². The molecule has 0 radical (unpaired) electrons. The highest BCUT2D eigenvalue weighted by Gasteiger charge is 2.23. The summed E-state index contributed by atoms with van der Waals surface area (Å²) >= 11 is 2.88. The summed E-state index contributed by atoms with van der Waals surface area (Å²) in [7, 11) is 0. The Morgan fingerprint density at radius 2 is 2.00 bits per heavy atom. The summed E-state index contributed by atoms with van der Waals surface area (Å²) < 4.78 is 23.8. The van der Waals surface area contributed by atoms with Gasteiger partial charge < -0.3 is 4.90 Å². The SMILES string of the molecule is CCN(CC(=O)CBr)C(=O)C(F)F. The fraction of sp³-hybridized carbons (Fsp3) is 0.714. The van der Waals surface area contributed by atoms with Crippen LogP contribution in [0.25, 0.3) is 0 Å². The number of carbonyl (C=O) groups is 2. The van der Waals surface area contributed by atoms with E-state index in [2.05, 4.69) is 15.9 Å². The number of hydrogen-bond acceptors (Lipinski definition) is 2. The first-order chi connectivity index (χ1) is 6.02. The highest BCUT2D eigenvalue weighted by atomic mass is 79.9. The van der Waals surface area contributed by atoms with Crippen LogP contribution in [0.4, 0.5) is 8.78 Å². The molecule has 0 aliphatic rings. The number of amides is 1. The van der Waals surface area contributed by atoms with E-state index in [-0.39, 0.29) is 24.2 Å². The smallest absolute Gasteiger partial charge is 0.315 e. The first-order valence-corrected chi connectivity index (χ1v) is 4.79. The lowest BCUT2D eigenvalue weighted by Crippen LogP contribution is -2.39. The molecular formula is C7H10BrF2NO2. The lowest BCUT2D eigenvalue weighted by Gasteiger charge is -2.18. The molecule has 0 atom stereocenters. The summed E-state index contributed by atoms with van der Waals surface area (Å²) in [5, 5.41) is 0.0695. The number of nitrogens with zero attached hydrogens (tertiary/aromatic N) is 1. The van der Waals surface area contributed by atoms with E-state index in [1.807, 2.05) is 0 Å². The predicted octanol–water partition coefficient (Wildman–Crippen LogP) is 1.06. The summed E-state index contributed by atoms with van der Waals surface area (Å²) in [4.78, 5) is 22.4. The topological polar surface area (TPSA) is 37.4 Å². The zero-order chi connectivity index (χ0) is 10.4. The molecule has 0 saturated carbocycles. The van der Waals surface area contributed by atoms with E-state index in [1.165, 1.54) is 0 Å². The van der Waals surface area contributed by atoms with Crippen molar-refractivity contribution in [2.75, 3.05) is 18.4 Å². The van der Waals surface area contributed by atoms with Crippen molar-refractivity contribution in [1.29, 1.82) is 0 Å². The third-order valence-electron chi connectivity index (χ3n) is 1.40. The maximum Gasteiger partial charge on any atom is 0.315 e. The molecule has 1 amide bonds. The van der Waals surface area contributed by atoms with Gasteiger partial charge in [-0.25, -0.2) is 0 Å². The molecule has 0 aromatic rings. The van der Waals surface area contributed by atoms with Crippen LogP contribution in [-0.4, -0.2) is 41.4 Å². The summed E-state index contributed by atoms with van der Waals surface area (Å²) in [6.07, 6.45) is -3.04. The molecule has 0 bridgehead atoms. The number of Topliss-reactive ketones (excluding diaryl/α,β-unsaturated/α-hetero) is 1. The number of ketones is 1. The summed E-state index contributed by atoms with van der Waals surface area (Å²) in [5.74, 6) is -1.59. The standard InChI is InChI=1S/C7H10BrF2NO2/c1-2-11(4-5(12)3-8)7(13)6(9)10/h6H,2-4H2,1H3. The molecule has 3 nitrogen and oxygen atoms in total. The van der Waals surface area contributed by atoms with Crippen molar-refractivity contribution in [2.45, 2.75) is 13.3 Å². The lowest BCUT2D eigenvalue weighted by molar-refractivity contribution is -0.144. The molecule has 0 aromatic heterocycles. The maximum atomic E-state index is 11.9. The zero-order valence-corrected chi connectivity index (χ0v) is 8.68. The second kappa shape index (κ2) is 6.01. The Balaban J connectivity index is 4.18. The molecule has 0 spiro atoms. The average molecular weight is 258 g/mol. The largest absolute Gasteiger partial charge is 0.331 e. The highest BCUT2D eigenvalue weighted by molar-refractivity contribution is 9.09. The van der Waals surface area contributed by atoms with Gasteiger partial charge in [0.2, 0.25) is 0 Å². The van der Waals surface area contributed by atoms with Crippen LogP contribution in [0.3, 0.4) is 0 Å². The molecule has 6 heteroatoms. The summed E-state index contributed by atoms with van der Waals surface area (Å²) in [6, 6.07) is 0. The van der Waals surface area contributed by atoms with Crippen LogP contribution in [0.5, 0.6) is 0 Å². The van der Waals surface area contributed by atoms with Gasteiger partial charge >= 0.3 is 6.43 Å². The number of rotatable bonds is 5. The molecule has 0 unspecified atom stereocenters. The van der Waals surface area contributed by atoms with Crippen LogP contribution >= 0.6 is 15.9 Å². The van der Waals surface area contributed by atoms with Gasteiger partial charge in [0.15, 0.2) is 5.78 Å². The van der Waals surface area contributed by atoms with Crippen LogP contribution < -0.4 is 0 Å². The maximum absolute atomic E-state index is 11.9. The third kappa shape index (κ3) is 4.31. The van der Waals surface area contributed by atoms with Gasteiger partial charge in [-0.3, -0.25) is 9.59 Å². The Bertz CT molecular complexity index is 199. The van der Waals surface area contributed by atoms with Gasteiger partial charge in [-0.2, -0.15) is 8.78 Å². The molecule has 0 heterocycles. The second-order valence-corrected chi connectivity index (χ2v) is 2.89. The monoisotopic (exact) mass is 257 g/mol. The van der Waals surface area contributed by atoms with E-state index in [9.17, 15) is 18.4 Å². The van der Waals surface area contributed by atoms with Crippen molar-refractivity contribution in [3.05, 3.63) is 0 Å². The van der Waals surface area contributed by atoms with Crippen LogP contribution in [0.1, 0.15) is 6.92 Å². The van der Waals surface area contributed by atoms with Crippen molar-refractivity contribution < 1.29 is 18.4 Å². The van der Waals surface area contributed by atoms with Crippen LogP contribution in [0, 0.1) is 0 Å². The van der Waals surface area contributed by atoms with Crippen molar-refractivity contribution in [1.82, 2.24) is 4.90 Å². The number of halogens is 3. The van der Waals surface area contributed by atoms with Crippen molar-refractivity contribution in [3.8, 4) is 0 Å². The molecule has 0 aliphatic heterocycles. The first-order valence-electron chi connectivity index (χ1n) is 3.67. The number of alkyl halides is 3. The summed E-state index contributed by atoms with van der Waals surface area (Å²) in [5.41, 5.74) is 0. The quantitative estimate of drug-likeness (QED) is 0.691. The Labute approximate surface area is 83.2 Å². The van der Waals surface area contributed by atoms with Gasteiger partial charge in [0.05, 0.1) is 11.9 Å². The molecule has 0 saturated heterocycles. The molecule has 0 rings (SSSR count). The van der Waals surface area contributed by atoms with Gasteiger partial charge in [-0.1, -0.05) is 15.9 Å². The van der Waals surface area contributed by atoms with Crippen molar-refractivity contribution >= 4 is 27.6 Å². The lowest BCUT2D eigenvalue weighted by atomic mass is 10.3. The number of hydrogen-bond donors (Lipinski definition) is 0. The van der Waals surface area contributed by atoms with Gasteiger partial charge in [0.1, 0.15) is 0 Å². The fourth-order valence-electron chi connectivity index (χ4n) is 0.739. The normalized spacial score (nSPS) is 10.2.